The summed E-state index contributed by atoms with van der Waals surface area (Å²) in [7, 11) is -7.69. The molecule has 0 aliphatic rings. The lowest BCUT2D eigenvalue weighted by molar-refractivity contribution is 0.275. The van der Waals surface area contributed by atoms with Crippen molar-refractivity contribution in [3.63, 3.8) is 0 Å². The second-order valence-corrected chi connectivity index (χ2v) is 6.77. The third kappa shape index (κ3) is 8.58. The first-order valence-corrected chi connectivity index (χ1v) is 8.47. The summed E-state index contributed by atoms with van der Waals surface area (Å²) in [5.41, 5.74) is 0. The van der Waals surface area contributed by atoms with E-state index in [-0.39, 0.29) is 0 Å². The maximum absolute atomic E-state index is 11.2. The van der Waals surface area contributed by atoms with Crippen LogP contribution in [0.15, 0.2) is 0 Å². The smallest absolute Gasteiger partial charge is 0.253 e. The molecule has 0 aliphatic heterocycles. The van der Waals surface area contributed by atoms with Gasteiger partial charge in [-0.15, -0.1) is 12.8 Å². The molecule has 0 radical (unpaired) electrons. The van der Waals surface area contributed by atoms with Crippen LogP contribution in [0, 0.1) is 36.5 Å². The number of terminal acetylenes is 2. The topological polar surface area (TPSA) is 86.7 Å². The largest absolute Gasteiger partial charge is 0.279 e. The summed E-state index contributed by atoms with van der Waals surface area (Å²) in [6.07, 6.45) is 7.77. The minimum absolute atomic E-state index is 0.568. The normalized spacial score (nSPS) is 14.2. The molecule has 6 nitrogen and oxygen atoms in total. The van der Waals surface area contributed by atoms with Gasteiger partial charge in [-0.25, -0.2) is 0 Å². The molecule has 0 amide bonds. The highest BCUT2D eigenvalue weighted by Gasteiger charge is 2.15. The highest BCUT2D eigenvalue weighted by atomic mass is 32.2. The predicted octanol–water partition coefficient (Wildman–Crippen LogP) is -0.274. The summed E-state index contributed by atoms with van der Waals surface area (Å²) in [4.78, 5) is 0. The van der Waals surface area contributed by atoms with E-state index in [1.807, 2.05) is 11.8 Å². The summed E-state index contributed by atoms with van der Waals surface area (Å²) in [5.74, 6) is 7.54. The van der Waals surface area contributed by atoms with E-state index < -0.39 is 43.9 Å². The number of hydrogen-bond donors (Lipinski definition) is 0. The third-order valence-corrected chi connectivity index (χ3v) is 3.80. The molecule has 0 aromatic carbocycles. The zero-order valence-electron chi connectivity index (χ0n) is 11.0. The fourth-order valence-electron chi connectivity index (χ4n) is 0.995. The molecule has 0 bridgehead atoms. The molecule has 110 valence electrons. The van der Waals surface area contributed by atoms with Crippen LogP contribution >= 0.6 is 0 Å². The maximum atomic E-state index is 11.2. The molecule has 0 heterocycles. The summed E-state index contributed by atoms with van der Waals surface area (Å²) in [6, 6.07) is 0. The number of rotatable bonds is 6. The Morgan fingerprint density at radius 3 is 1.40 bits per heavy atom. The first-order valence-electron chi connectivity index (χ1n) is 5.32. The molecule has 0 spiro atoms. The first-order chi connectivity index (χ1) is 9.12. The quantitative estimate of drug-likeness (QED) is 0.495. The fourth-order valence-corrected chi connectivity index (χ4v) is 2.52. The van der Waals surface area contributed by atoms with Gasteiger partial charge in [0.05, 0.1) is 0 Å². The van der Waals surface area contributed by atoms with Gasteiger partial charge < -0.3 is 0 Å². The first kappa shape index (κ1) is 18.5. The van der Waals surface area contributed by atoms with Crippen molar-refractivity contribution >= 4 is 20.2 Å². The monoisotopic (exact) mass is 318 g/mol. The van der Waals surface area contributed by atoms with Crippen molar-refractivity contribution in [2.75, 3.05) is 11.5 Å². The Balaban J connectivity index is 4.61. The van der Waals surface area contributed by atoms with E-state index in [1.54, 1.807) is 0 Å². The van der Waals surface area contributed by atoms with Crippen molar-refractivity contribution in [1.82, 2.24) is 0 Å². The van der Waals surface area contributed by atoms with E-state index in [9.17, 15) is 16.8 Å². The van der Waals surface area contributed by atoms with Crippen LogP contribution < -0.4 is 0 Å². The van der Waals surface area contributed by atoms with E-state index in [2.05, 4.69) is 20.2 Å². The zero-order chi connectivity index (χ0) is 15.8. The molecule has 0 aromatic rings. The van der Waals surface area contributed by atoms with Crippen LogP contribution in [-0.2, 0) is 28.6 Å². The highest BCUT2D eigenvalue weighted by molar-refractivity contribution is 7.87. The van der Waals surface area contributed by atoms with E-state index >= 15 is 0 Å². The molecule has 0 saturated carbocycles. The Bertz CT molecular complexity index is 606. The maximum Gasteiger partial charge on any atom is 0.279 e. The summed E-state index contributed by atoms with van der Waals surface area (Å²) in [5, 5.41) is 0. The Labute approximate surface area is 120 Å². The van der Waals surface area contributed by atoms with Crippen molar-refractivity contribution in [2.24, 2.45) is 0 Å². The second-order valence-electron chi connectivity index (χ2n) is 3.58. The highest BCUT2D eigenvalue weighted by Crippen LogP contribution is 2.01. The molecule has 2 unspecified atom stereocenters. The minimum Gasteiger partial charge on any atom is -0.253 e. The van der Waals surface area contributed by atoms with Crippen LogP contribution in [0.4, 0.5) is 0 Å². The molecule has 0 aromatic heterocycles. The molecule has 0 N–H and O–H groups in total. The van der Waals surface area contributed by atoms with Crippen LogP contribution in [-0.4, -0.2) is 40.5 Å². The van der Waals surface area contributed by atoms with Gasteiger partial charge in [-0.3, -0.25) is 8.37 Å². The third-order valence-electron chi connectivity index (χ3n) is 1.59. The van der Waals surface area contributed by atoms with Gasteiger partial charge in [-0.2, -0.15) is 16.8 Å². The average molecular weight is 318 g/mol. The molecule has 2 atom stereocenters. The van der Waals surface area contributed by atoms with Gasteiger partial charge in [-0.05, 0) is 13.8 Å². The van der Waals surface area contributed by atoms with Crippen molar-refractivity contribution in [1.29, 1.82) is 0 Å². The van der Waals surface area contributed by atoms with Gasteiger partial charge in [0.2, 0.25) is 0 Å². The van der Waals surface area contributed by atoms with Gasteiger partial charge in [-0.1, -0.05) is 23.7 Å². The van der Waals surface area contributed by atoms with Gasteiger partial charge in [0, 0.05) is 0 Å². The summed E-state index contributed by atoms with van der Waals surface area (Å²) in [6.45, 7) is 2.76. The van der Waals surface area contributed by atoms with E-state index in [0.29, 0.717) is 0 Å². The van der Waals surface area contributed by atoms with Crippen molar-refractivity contribution in [2.45, 2.75) is 26.1 Å². The molecular formula is C12H14O6S2. The van der Waals surface area contributed by atoms with Gasteiger partial charge in [0.1, 0.15) is 23.7 Å². The van der Waals surface area contributed by atoms with Crippen molar-refractivity contribution in [3.05, 3.63) is 0 Å². The molecule has 20 heavy (non-hydrogen) atoms. The molecule has 0 aliphatic carbocycles. The van der Waals surface area contributed by atoms with Crippen LogP contribution in [0.3, 0.4) is 0 Å². The Kier molecular flexibility index (Phi) is 7.34. The van der Waals surface area contributed by atoms with E-state index in [0.717, 1.165) is 0 Å². The van der Waals surface area contributed by atoms with Crippen LogP contribution in [0.5, 0.6) is 0 Å². The lowest BCUT2D eigenvalue weighted by atomic mass is 10.3. The second kappa shape index (κ2) is 7.94. The molecule has 0 rings (SSSR count). The Morgan fingerprint density at radius 2 is 1.15 bits per heavy atom. The molecule has 8 heteroatoms. The van der Waals surface area contributed by atoms with Crippen LogP contribution in [0.2, 0.25) is 0 Å². The Hall–Kier alpha value is -1.50. The zero-order valence-corrected chi connectivity index (χ0v) is 12.6. The predicted molar refractivity (Wildman–Crippen MR) is 74.1 cm³/mol. The minimum atomic E-state index is -3.85. The fraction of sp³-hybridized carbons (Fsp3) is 0.500. The molecule has 0 fully saturated rings. The van der Waals surface area contributed by atoms with E-state index in [1.165, 1.54) is 13.8 Å². The standard InChI is InChI=1S/C12H14O6S2/c1-5-9-19(13,14)17-11(3)7-8-12(4)18-20(15,16)10-6-2/h1-2,11-12H,9-10H2,3-4H3. The van der Waals surface area contributed by atoms with Gasteiger partial charge >= 0.3 is 0 Å². The summed E-state index contributed by atoms with van der Waals surface area (Å²) >= 11 is 0. The SMILES string of the molecule is C#CCS(=O)(=O)OC(C)C#CC(C)OS(=O)(=O)CC#C. The lowest BCUT2D eigenvalue weighted by Crippen LogP contribution is -2.18. The Morgan fingerprint density at radius 1 is 0.850 bits per heavy atom. The average Bonchev–Trinajstić information content (AvgIpc) is 2.24. The van der Waals surface area contributed by atoms with Crippen molar-refractivity contribution < 1.29 is 25.2 Å². The lowest BCUT2D eigenvalue weighted by Gasteiger charge is -2.07. The number of hydrogen-bond acceptors (Lipinski definition) is 6. The van der Waals surface area contributed by atoms with Gasteiger partial charge in [0.15, 0.2) is 0 Å². The van der Waals surface area contributed by atoms with Gasteiger partial charge in [0.25, 0.3) is 20.2 Å². The summed E-state index contributed by atoms with van der Waals surface area (Å²) < 4.78 is 54.1. The van der Waals surface area contributed by atoms with E-state index in [4.69, 9.17) is 12.8 Å². The van der Waals surface area contributed by atoms with Crippen molar-refractivity contribution in [3.8, 4) is 36.5 Å². The molecular weight excluding hydrogens is 304 g/mol. The molecule has 0 saturated heterocycles. The van der Waals surface area contributed by atoms with Crippen LogP contribution in [0.1, 0.15) is 13.8 Å². The van der Waals surface area contributed by atoms with Crippen LogP contribution in [0.25, 0.3) is 0 Å².